The normalized spacial score (nSPS) is 10.2. The molecule has 1 N–H and O–H groups in total. The Bertz CT molecular complexity index is 522. The summed E-state index contributed by atoms with van der Waals surface area (Å²) in [5.74, 6) is 0.704. The Morgan fingerprint density at radius 1 is 1.41 bits per heavy atom. The van der Waals surface area contributed by atoms with Crippen molar-refractivity contribution in [2.45, 2.75) is 13.5 Å². The number of nitrogens with zero attached hydrogens (tertiary/aromatic N) is 2. The van der Waals surface area contributed by atoms with Gasteiger partial charge < -0.3 is 9.84 Å². The first-order valence-electron chi connectivity index (χ1n) is 4.98. The predicted octanol–water partition coefficient (Wildman–Crippen LogP) is 2.03. The third-order valence-electron chi connectivity index (χ3n) is 2.05. The van der Waals surface area contributed by atoms with E-state index in [0.29, 0.717) is 16.7 Å². The number of benzene rings is 1. The van der Waals surface area contributed by atoms with E-state index in [9.17, 15) is 4.79 Å². The minimum atomic E-state index is -0.136. The molecule has 2 rings (SSSR count). The number of carbonyl (C=O) groups is 1. The van der Waals surface area contributed by atoms with E-state index < -0.39 is 0 Å². The smallest absolute Gasteiger partial charge is 0.257 e. The van der Waals surface area contributed by atoms with Gasteiger partial charge in [0.25, 0.3) is 5.89 Å². The molecule has 1 aromatic heterocycles. The van der Waals surface area contributed by atoms with E-state index in [2.05, 4.69) is 15.5 Å². The second-order valence-electron chi connectivity index (χ2n) is 3.43. The molecule has 0 atom stereocenters. The molecule has 1 heterocycles. The summed E-state index contributed by atoms with van der Waals surface area (Å²) in [5, 5.41) is 6.99. The Morgan fingerprint density at radius 2 is 2.12 bits per heavy atom. The van der Waals surface area contributed by atoms with Crippen LogP contribution in [0, 0.1) is 0 Å². The molecule has 5 nitrogen and oxygen atoms in total. The lowest BCUT2D eigenvalue weighted by molar-refractivity contribution is -0.119. The molecule has 1 amide bonds. The standard InChI is InChI=1S/C11H10ClN3O2/c1-7(16)13-6-10-14-11(17-15-10)8-2-4-9(12)5-3-8/h2-5H,6H2,1H3,(H,13,16). The van der Waals surface area contributed by atoms with Gasteiger partial charge in [-0.25, -0.2) is 0 Å². The van der Waals surface area contributed by atoms with Crippen LogP contribution in [0.3, 0.4) is 0 Å². The summed E-state index contributed by atoms with van der Waals surface area (Å²) in [6, 6.07) is 7.07. The van der Waals surface area contributed by atoms with Gasteiger partial charge in [-0.05, 0) is 24.3 Å². The highest BCUT2D eigenvalue weighted by Gasteiger charge is 2.08. The number of nitrogens with one attached hydrogen (secondary N) is 1. The molecule has 2 aromatic rings. The van der Waals surface area contributed by atoms with Crippen molar-refractivity contribution in [1.29, 1.82) is 0 Å². The quantitative estimate of drug-likeness (QED) is 0.906. The monoisotopic (exact) mass is 251 g/mol. The average molecular weight is 252 g/mol. The van der Waals surface area contributed by atoms with E-state index >= 15 is 0 Å². The number of aromatic nitrogens is 2. The maximum Gasteiger partial charge on any atom is 0.257 e. The lowest BCUT2D eigenvalue weighted by Gasteiger charge is -1.94. The molecular weight excluding hydrogens is 242 g/mol. The Morgan fingerprint density at radius 3 is 2.76 bits per heavy atom. The summed E-state index contributed by atoms with van der Waals surface area (Å²) in [6.45, 7) is 1.69. The van der Waals surface area contributed by atoms with Crippen LogP contribution < -0.4 is 5.32 Å². The molecule has 0 saturated heterocycles. The van der Waals surface area contributed by atoms with Crippen molar-refractivity contribution in [2.24, 2.45) is 0 Å². The van der Waals surface area contributed by atoms with Crippen molar-refractivity contribution < 1.29 is 9.32 Å². The van der Waals surface area contributed by atoms with E-state index in [1.54, 1.807) is 24.3 Å². The van der Waals surface area contributed by atoms with E-state index in [-0.39, 0.29) is 12.5 Å². The van der Waals surface area contributed by atoms with Gasteiger partial charge in [0.1, 0.15) is 0 Å². The number of rotatable bonds is 3. The summed E-state index contributed by atoms with van der Waals surface area (Å²) in [6.07, 6.45) is 0. The molecule has 0 saturated carbocycles. The Labute approximate surface area is 103 Å². The zero-order valence-corrected chi connectivity index (χ0v) is 9.86. The molecule has 0 spiro atoms. The van der Waals surface area contributed by atoms with Crippen LogP contribution in [0.15, 0.2) is 28.8 Å². The van der Waals surface area contributed by atoms with Crippen LogP contribution in [-0.4, -0.2) is 16.0 Å². The highest BCUT2D eigenvalue weighted by molar-refractivity contribution is 6.30. The number of halogens is 1. The van der Waals surface area contributed by atoms with Crippen LogP contribution in [0.4, 0.5) is 0 Å². The van der Waals surface area contributed by atoms with Crippen LogP contribution in [0.5, 0.6) is 0 Å². The fraction of sp³-hybridized carbons (Fsp3) is 0.182. The largest absolute Gasteiger partial charge is 0.349 e. The summed E-state index contributed by atoms with van der Waals surface area (Å²) in [5.41, 5.74) is 0.788. The van der Waals surface area contributed by atoms with Crippen molar-refractivity contribution >= 4 is 17.5 Å². The average Bonchev–Trinajstić information content (AvgIpc) is 2.76. The fourth-order valence-corrected chi connectivity index (χ4v) is 1.37. The zero-order valence-electron chi connectivity index (χ0n) is 9.11. The van der Waals surface area contributed by atoms with Crippen LogP contribution >= 0.6 is 11.6 Å². The van der Waals surface area contributed by atoms with Crippen LogP contribution in [0.25, 0.3) is 11.5 Å². The highest BCUT2D eigenvalue weighted by atomic mass is 35.5. The number of hydrogen-bond donors (Lipinski definition) is 1. The number of hydrogen-bond acceptors (Lipinski definition) is 4. The summed E-state index contributed by atoms with van der Waals surface area (Å²) >= 11 is 5.77. The van der Waals surface area contributed by atoms with Gasteiger partial charge >= 0.3 is 0 Å². The maximum atomic E-state index is 10.7. The third-order valence-corrected chi connectivity index (χ3v) is 2.31. The highest BCUT2D eigenvalue weighted by Crippen LogP contribution is 2.19. The first-order valence-corrected chi connectivity index (χ1v) is 5.36. The minimum Gasteiger partial charge on any atom is -0.349 e. The Balaban J connectivity index is 2.12. The molecule has 0 fully saturated rings. The number of carbonyl (C=O) groups excluding carboxylic acids is 1. The summed E-state index contributed by atoms with van der Waals surface area (Å²) < 4.78 is 5.07. The minimum absolute atomic E-state index is 0.136. The molecule has 17 heavy (non-hydrogen) atoms. The molecule has 0 bridgehead atoms. The molecule has 1 aromatic carbocycles. The molecule has 0 radical (unpaired) electrons. The van der Waals surface area contributed by atoms with Gasteiger partial charge in [0, 0.05) is 17.5 Å². The molecule has 0 aliphatic carbocycles. The van der Waals surface area contributed by atoms with Crippen LogP contribution in [0.2, 0.25) is 5.02 Å². The SMILES string of the molecule is CC(=O)NCc1noc(-c2ccc(Cl)cc2)n1. The maximum absolute atomic E-state index is 10.7. The second kappa shape index (κ2) is 4.97. The molecule has 6 heteroatoms. The van der Waals surface area contributed by atoms with Gasteiger partial charge in [-0.3, -0.25) is 4.79 Å². The Hall–Kier alpha value is -1.88. The van der Waals surface area contributed by atoms with E-state index in [1.165, 1.54) is 6.92 Å². The van der Waals surface area contributed by atoms with E-state index in [4.69, 9.17) is 16.1 Å². The van der Waals surface area contributed by atoms with Gasteiger partial charge in [0.05, 0.1) is 6.54 Å². The van der Waals surface area contributed by atoms with Gasteiger partial charge in [0.2, 0.25) is 5.91 Å². The first kappa shape index (κ1) is 11.6. The van der Waals surface area contributed by atoms with E-state index in [0.717, 1.165) is 5.56 Å². The van der Waals surface area contributed by atoms with Crippen molar-refractivity contribution in [1.82, 2.24) is 15.5 Å². The van der Waals surface area contributed by atoms with Crippen molar-refractivity contribution in [3.63, 3.8) is 0 Å². The number of amides is 1. The van der Waals surface area contributed by atoms with Gasteiger partial charge in [-0.2, -0.15) is 4.98 Å². The molecule has 0 aliphatic rings. The fourth-order valence-electron chi connectivity index (χ4n) is 1.24. The van der Waals surface area contributed by atoms with Crippen molar-refractivity contribution in [3.05, 3.63) is 35.1 Å². The van der Waals surface area contributed by atoms with Gasteiger partial charge in [0.15, 0.2) is 5.82 Å². The van der Waals surface area contributed by atoms with Crippen LogP contribution in [0.1, 0.15) is 12.7 Å². The molecule has 0 aliphatic heterocycles. The zero-order chi connectivity index (χ0) is 12.3. The van der Waals surface area contributed by atoms with Crippen molar-refractivity contribution in [3.8, 4) is 11.5 Å². The van der Waals surface area contributed by atoms with Crippen molar-refractivity contribution in [2.75, 3.05) is 0 Å². The lowest BCUT2D eigenvalue weighted by Crippen LogP contribution is -2.19. The van der Waals surface area contributed by atoms with Crippen LogP contribution in [-0.2, 0) is 11.3 Å². The molecule has 88 valence electrons. The predicted molar refractivity (Wildman–Crippen MR) is 62.3 cm³/mol. The molecule has 0 unspecified atom stereocenters. The summed E-state index contributed by atoms with van der Waals surface area (Å²) in [7, 11) is 0. The Kier molecular flexibility index (Phi) is 3.39. The third kappa shape index (κ3) is 3.04. The summed E-state index contributed by atoms with van der Waals surface area (Å²) in [4.78, 5) is 14.9. The molecular formula is C11H10ClN3O2. The first-order chi connectivity index (χ1) is 8.15. The van der Waals surface area contributed by atoms with E-state index in [1.807, 2.05) is 0 Å². The van der Waals surface area contributed by atoms with Gasteiger partial charge in [-0.1, -0.05) is 16.8 Å². The van der Waals surface area contributed by atoms with Gasteiger partial charge in [-0.15, -0.1) is 0 Å². The lowest BCUT2D eigenvalue weighted by atomic mass is 10.2. The topological polar surface area (TPSA) is 68.0 Å². The second-order valence-corrected chi connectivity index (χ2v) is 3.87.